The fourth-order valence-electron chi connectivity index (χ4n) is 9.37. The quantitative estimate of drug-likeness (QED) is 0.198. The molecule has 0 radical (unpaired) electrons. The molecule has 4 rings (SSSR count). The molecule has 0 saturated heterocycles. The standard InChI is InChI=1S/C34H54O5S/c1-8-16-33(37,17-9-2)19-20-40-34(39-24(5)36)21-26-11-13-27-28-14-12-25(10-3)31(28,6)18-15-29(27)32(26,7)30(22-34)38-23(4)35/h11,13,25,28-30,37H,8-10,12,14-22H2,1-7H3/t25-,28-,29-,30-,31+,32-,34-/m0/s1. The molecule has 6 heteroatoms. The number of esters is 2. The smallest absolute Gasteiger partial charge is 0.304 e. The lowest BCUT2D eigenvalue weighted by Gasteiger charge is -2.58. The van der Waals surface area contributed by atoms with Crippen molar-refractivity contribution in [3.05, 3.63) is 23.3 Å². The molecule has 5 nitrogen and oxygen atoms in total. The fraction of sp³-hybridized carbons (Fsp3) is 0.824. The van der Waals surface area contributed by atoms with Crippen LogP contribution in [0.1, 0.15) is 126 Å². The Morgan fingerprint density at radius 3 is 2.30 bits per heavy atom. The highest BCUT2D eigenvalue weighted by Gasteiger charge is 2.61. The van der Waals surface area contributed by atoms with Gasteiger partial charge in [0.05, 0.1) is 5.60 Å². The largest absolute Gasteiger partial charge is 0.461 e. The van der Waals surface area contributed by atoms with E-state index in [9.17, 15) is 14.7 Å². The average molecular weight is 575 g/mol. The second kappa shape index (κ2) is 12.1. The normalized spacial score (nSPS) is 37.0. The van der Waals surface area contributed by atoms with Gasteiger partial charge in [0.15, 0.2) is 4.93 Å². The van der Waals surface area contributed by atoms with E-state index in [1.54, 1.807) is 17.3 Å². The highest BCUT2D eigenvalue weighted by atomic mass is 32.2. The Balaban J connectivity index is 1.67. The highest BCUT2D eigenvalue weighted by molar-refractivity contribution is 8.00. The van der Waals surface area contributed by atoms with Gasteiger partial charge in [-0.1, -0.05) is 77.2 Å². The lowest BCUT2D eigenvalue weighted by atomic mass is 9.49. The van der Waals surface area contributed by atoms with E-state index in [1.165, 1.54) is 45.1 Å². The van der Waals surface area contributed by atoms with Gasteiger partial charge in [0.25, 0.3) is 0 Å². The van der Waals surface area contributed by atoms with E-state index in [-0.39, 0.29) is 23.5 Å². The van der Waals surface area contributed by atoms with Crippen LogP contribution in [-0.4, -0.2) is 39.4 Å². The third-order valence-electron chi connectivity index (χ3n) is 11.3. The van der Waals surface area contributed by atoms with E-state index in [2.05, 4.69) is 46.8 Å². The number of ether oxygens (including phenoxy) is 2. The van der Waals surface area contributed by atoms with Gasteiger partial charge in [-0.15, -0.1) is 11.8 Å². The van der Waals surface area contributed by atoms with Crippen molar-refractivity contribution in [2.45, 2.75) is 142 Å². The fourth-order valence-corrected chi connectivity index (χ4v) is 10.9. The Labute approximate surface area is 247 Å². The van der Waals surface area contributed by atoms with Crippen LogP contribution in [0.5, 0.6) is 0 Å². The lowest BCUT2D eigenvalue weighted by Crippen LogP contribution is -2.56. The van der Waals surface area contributed by atoms with E-state index in [0.717, 1.165) is 38.0 Å². The summed E-state index contributed by atoms with van der Waals surface area (Å²) in [5.74, 6) is 1.80. The number of carbonyl (C=O) groups excluding carboxylic acids is 2. The summed E-state index contributed by atoms with van der Waals surface area (Å²) in [6.45, 7) is 14.4. The van der Waals surface area contributed by atoms with Crippen molar-refractivity contribution < 1.29 is 24.2 Å². The number of allylic oxidation sites excluding steroid dienone is 3. The maximum Gasteiger partial charge on any atom is 0.304 e. The number of thioether (sulfide) groups is 1. The van der Waals surface area contributed by atoms with Crippen LogP contribution in [0.2, 0.25) is 0 Å². The van der Waals surface area contributed by atoms with Gasteiger partial charge in [-0.05, 0) is 73.9 Å². The van der Waals surface area contributed by atoms with Gasteiger partial charge in [-0.2, -0.15) is 0 Å². The van der Waals surface area contributed by atoms with Crippen LogP contribution in [0.15, 0.2) is 23.3 Å². The van der Waals surface area contributed by atoms with E-state index >= 15 is 0 Å². The zero-order valence-corrected chi connectivity index (χ0v) is 27.0. The van der Waals surface area contributed by atoms with Crippen LogP contribution < -0.4 is 0 Å². The molecular weight excluding hydrogens is 520 g/mol. The molecule has 226 valence electrons. The van der Waals surface area contributed by atoms with Crippen molar-refractivity contribution in [1.82, 2.24) is 0 Å². The minimum atomic E-state index is -0.814. The molecule has 0 unspecified atom stereocenters. The number of hydrogen-bond acceptors (Lipinski definition) is 6. The summed E-state index contributed by atoms with van der Waals surface area (Å²) in [5.41, 5.74) is 2.15. The molecule has 40 heavy (non-hydrogen) atoms. The number of fused-ring (bicyclic) bond motifs is 5. The van der Waals surface area contributed by atoms with Gasteiger partial charge < -0.3 is 14.6 Å². The topological polar surface area (TPSA) is 72.8 Å². The van der Waals surface area contributed by atoms with Gasteiger partial charge >= 0.3 is 11.9 Å². The third kappa shape index (κ3) is 5.82. The van der Waals surface area contributed by atoms with E-state index in [1.807, 2.05) is 0 Å². The SMILES string of the molecule is CCCC(O)(CCC)CCS[C@@]1(OC(C)=O)CC2=CC=C3[C@@H]4CC[C@H](CC)[C@@]4(C)CC[C@@H]3[C@@]2(C)[C@@H](OC(C)=O)C1. The summed E-state index contributed by atoms with van der Waals surface area (Å²) in [4.78, 5) is 24.2. The van der Waals surface area contributed by atoms with Crippen molar-refractivity contribution in [3.8, 4) is 0 Å². The molecule has 0 aromatic heterocycles. The Bertz CT molecular complexity index is 1010. The molecule has 0 bridgehead atoms. The second-order valence-corrected chi connectivity index (χ2v) is 15.2. The summed E-state index contributed by atoms with van der Waals surface area (Å²) in [6.07, 6.45) is 15.6. The van der Waals surface area contributed by atoms with E-state index in [0.29, 0.717) is 42.3 Å². The molecule has 0 aromatic carbocycles. The molecule has 1 N–H and O–H groups in total. The molecule has 3 saturated carbocycles. The van der Waals surface area contributed by atoms with Crippen molar-refractivity contribution in [1.29, 1.82) is 0 Å². The highest BCUT2D eigenvalue weighted by Crippen LogP contribution is 2.67. The van der Waals surface area contributed by atoms with Crippen LogP contribution in [0, 0.1) is 28.6 Å². The van der Waals surface area contributed by atoms with Gasteiger partial charge in [0.1, 0.15) is 6.10 Å². The number of carbonyl (C=O) groups is 2. The molecule has 4 aliphatic carbocycles. The van der Waals surface area contributed by atoms with E-state index < -0.39 is 10.5 Å². The van der Waals surface area contributed by atoms with E-state index in [4.69, 9.17) is 9.47 Å². The minimum Gasteiger partial charge on any atom is -0.461 e. The molecule has 3 fully saturated rings. The maximum absolute atomic E-state index is 12.5. The first-order valence-corrected chi connectivity index (χ1v) is 17.0. The Morgan fingerprint density at radius 2 is 1.70 bits per heavy atom. The predicted octanol–water partition coefficient (Wildman–Crippen LogP) is 8.15. The van der Waals surface area contributed by atoms with Gasteiger partial charge in [0.2, 0.25) is 0 Å². The van der Waals surface area contributed by atoms with Crippen molar-refractivity contribution in [2.24, 2.45) is 28.6 Å². The Kier molecular flexibility index (Phi) is 9.62. The number of rotatable bonds is 11. The zero-order valence-electron chi connectivity index (χ0n) is 26.1. The second-order valence-electron chi connectivity index (χ2n) is 13.8. The summed E-state index contributed by atoms with van der Waals surface area (Å²) in [6, 6.07) is 0. The van der Waals surface area contributed by atoms with Gasteiger partial charge in [-0.3, -0.25) is 9.59 Å². The molecule has 0 aliphatic heterocycles. The number of aliphatic hydroxyl groups is 1. The van der Waals surface area contributed by atoms with Crippen molar-refractivity contribution in [2.75, 3.05) is 5.75 Å². The molecule has 4 aliphatic rings. The molecule has 0 amide bonds. The van der Waals surface area contributed by atoms with Crippen LogP contribution in [0.3, 0.4) is 0 Å². The predicted molar refractivity (Wildman–Crippen MR) is 163 cm³/mol. The first-order chi connectivity index (χ1) is 18.9. The molecule has 7 atom stereocenters. The van der Waals surface area contributed by atoms with Crippen molar-refractivity contribution in [3.63, 3.8) is 0 Å². The van der Waals surface area contributed by atoms with Crippen molar-refractivity contribution >= 4 is 23.7 Å². The van der Waals surface area contributed by atoms with Crippen LogP contribution >= 0.6 is 11.8 Å². The molecular formula is C34H54O5S. The third-order valence-corrected chi connectivity index (χ3v) is 12.6. The summed E-state index contributed by atoms with van der Waals surface area (Å²) >= 11 is 1.63. The van der Waals surface area contributed by atoms with Crippen LogP contribution in [0.25, 0.3) is 0 Å². The maximum atomic E-state index is 12.5. The van der Waals surface area contributed by atoms with Crippen LogP contribution in [-0.2, 0) is 19.1 Å². The summed E-state index contributed by atoms with van der Waals surface area (Å²) in [5, 5.41) is 11.3. The average Bonchev–Trinajstić information content (AvgIpc) is 3.21. The Morgan fingerprint density at radius 1 is 1.00 bits per heavy atom. The molecule has 0 spiro atoms. The summed E-state index contributed by atoms with van der Waals surface area (Å²) < 4.78 is 12.4. The lowest BCUT2D eigenvalue weighted by molar-refractivity contribution is -0.168. The number of hydrogen-bond donors (Lipinski definition) is 1. The first kappa shape index (κ1) is 31.7. The zero-order chi connectivity index (χ0) is 29.3. The first-order valence-electron chi connectivity index (χ1n) is 16.0. The molecule has 0 heterocycles. The monoisotopic (exact) mass is 574 g/mol. The van der Waals surface area contributed by atoms with Gasteiger partial charge in [-0.25, -0.2) is 0 Å². The Hall–Kier alpha value is -1.27. The van der Waals surface area contributed by atoms with Crippen LogP contribution in [0.4, 0.5) is 0 Å². The minimum absolute atomic E-state index is 0.280. The van der Waals surface area contributed by atoms with Gasteiger partial charge in [0, 0.05) is 32.1 Å². The summed E-state index contributed by atoms with van der Waals surface area (Å²) in [7, 11) is 0. The molecule has 0 aromatic rings.